The Morgan fingerprint density at radius 1 is 1.44 bits per heavy atom. The quantitative estimate of drug-likeness (QED) is 0.831. The van der Waals surface area contributed by atoms with E-state index >= 15 is 0 Å². The van der Waals surface area contributed by atoms with Gasteiger partial charge in [0.2, 0.25) is 0 Å². The van der Waals surface area contributed by atoms with E-state index < -0.39 is 5.97 Å². The van der Waals surface area contributed by atoms with Gasteiger partial charge in [0.25, 0.3) is 0 Å². The number of hydrogen-bond donors (Lipinski definition) is 2. The van der Waals surface area contributed by atoms with Crippen LogP contribution in [0.4, 0.5) is 0 Å². The number of nitrogens with one attached hydrogen (secondary N) is 1. The van der Waals surface area contributed by atoms with Gasteiger partial charge < -0.3 is 10.4 Å². The molecule has 0 aromatic carbocycles. The lowest BCUT2D eigenvalue weighted by molar-refractivity contribution is 0.0702. The van der Waals surface area contributed by atoms with Gasteiger partial charge in [-0.15, -0.1) is 11.3 Å². The second-order valence-corrected chi connectivity index (χ2v) is 6.84. The Morgan fingerprint density at radius 2 is 2.06 bits per heavy atom. The number of aromatic carboxylic acids is 1. The summed E-state index contributed by atoms with van der Waals surface area (Å²) < 4.78 is 0. The highest BCUT2D eigenvalue weighted by atomic mass is 32.1. The molecule has 0 unspecified atom stereocenters. The number of thiophene rings is 1. The number of hydrogen-bond acceptors (Lipinski definition) is 3. The Morgan fingerprint density at radius 3 is 2.50 bits per heavy atom. The number of rotatable bonds is 6. The molecule has 0 spiro atoms. The van der Waals surface area contributed by atoms with Gasteiger partial charge in [-0.2, -0.15) is 0 Å². The van der Waals surface area contributed by atoms with Gasteiger partial charge >= 0.3 is 5.97 Å². The average Bonchev–Trinajstić information content (AvgIpc) is 3.21. The maximum atomic E-state index is 10.9. The van der Waals surface area contributed by atoms with E-state index in [4.69, 9.17) is 5.11 Å². The zero-order valence-corrected chi connectivity index (χ0v) is 11.4. The molecular weight excluding hydrogens is 246 g/mol. The molecule has 2 aliphatic carbocycles. The third-order valence-electron chi connectivity index (χ3n) is 4.02. The summed E-state index contributed by atoms with van der Waals surface area (Å²) in [4.78, 5) is 12.5. The standard InChI is InChI=1S/C14H19NO2S/c1-8-11(6-12(18-8)14(16)17)7-15-13(9-2-3-9)10-4-5-10/h6,9-10,13,15H,2-5,7H2,1H3,(H,16,17). The van der Waals surface area contributed by atoms with Crippen LogP contribution < -0.4 is 5.32 Å². The van der Waals surface area contributed by atoms with E-state index in [9.17, 15) is 4.79 Å². The van der Waals surface area contributed by atoms with Crippen molar-refractivity contribution >= 4 is 17.3 Å². The Balaban J connectivity index is 1.63. The van der Waals surface area contributed by atoms with Crippen LogP contribution in [0.5, 0.6) is 0 Å². The lowest BCUT2D eigenvalue weighted by atomic mass is 10.1. The molecule has 0 amide bonds. The van der Waals surface area contributed by atoms with Gasteiger partial charge in [0, 0.05) is 17.5 Å². The van der Waals surface area contributed by atoms with Crippen LogP contribution in [0.25, 0.3) is 0 Å². The molecule has 18 heavy (non-hydrogen) atoms. The van der Waals surface area contributed by atoms with Gasteiger partial charge in [-0.3, -0.25) is 0 Å². The van der Waals surface area contributed by atoms with Gasteiger partial charge in [0.15, 0.2) is 0 Å². The molecule has 3 nitrogen and oxygen atoms in total. The largest absolute Gasteiger partial charge is 0.477 e. The van der Waals surface area contributed by atoms with Crippen LogP contribution in [-0.2, 0) is 6.54 Å². The highest BCUT2D eigenvalue weighted by molar-refractivity contribution is 7.14. The number of aryl methyl sites for hydroxylation is 1. The first-order chi connectivity index (χ1) is 8.65. The minimum absolute atomic E-state index is 0.457. The lowest BCUT2D eigenvalue weighted by Gasteiger charge is -2.17. The summed E-state index contributed by atoms with van der Waals surface area (Å²) in [6.45, 7) is 2.84. The van der Waals surface area contributed by atoms with E-state index in [2.05, 4.69) is 5.32 Å². The van der Waals surface area contributed by atoms with Crippen molar-refractivity contribution in [3.63, 3.8) is 0 Å². The first-order valence-electron chi connectivity index (χ1n) is 6.71. The van der Waals surface area contributed by atoms with E-state index in [1.54, 1.807) is 0 Å². The molecule has 0 aliphatic heterocycles. The maximum absolute atomic E-state index is 10.9. The fraction of sp³-hybridized carbons (Fsp3) is 0.643. The molecular formula is C14H19NO2S. The Kier molecular flexibility index (Phi) is 3.16. The summed E-state index contributed by atoms with van der Waals surface area (Å²) in [5.74, 6) is 0.959. The van der Waals surface area contributed by atoms with Crippen molar-refractivity contribution < 1.29 is 9.90 Å². The normalized spacial score (nSPS) is 19.4. The predicted octanol–water partition coefficient (Wildman–Crippen LogP) is 3.03. The minimum Gasteiger partial charge on any atom is -0.477 e. The van der Waals surface area contributed by atoms with E-state index in [-0.39, 0.29) is 0 Å². The molecule has 1 aromatic heterocycles. The summed E-state index contributed by atoms with van der Waals surface area (Å²) in [7, 11) is 0. The Bertz CT molecular complexity index is 448. The van der Waals surface area contributed by atoms with Gasteiger partial charge in [-0.25, -0.2) is 4.79 Å². The predicted molar refractivity (Wildman–Crippen MR) is 72.1 cm³/mol. The minimum atomic E-state index is -0.810. The Labute approximate surface area is 111 Å². The molecule has 0 saturated heterocycles. The van der Waals surface area contributed by atoms with Crippen LogP contribution in [0.1, 0.15) is 45.8 Å². The topological polar surface area (TPSA) is 49.3 Å². The van der Waals surface area contributed by atoms with E-state index in [0.29, 0.717) is 10.9 Å². The molecule has 2 N–H and O–H groups in total. The molecule has 1 heterocycles. The van der Waals surface area contributed by atoms with Crippen molar-refractivity contribution in [3.8, 4) is 0 Å². The molecule has 2 fully saturated rings. The van der Waals surface area contributed by atoms with Crippen molar-refractivity contribution in [3.05, 3.63) is 21.4 Å². The van der Waals surface area contributed by atoms with Crippen LogP contribution in [0.3, 0.4) is 0 Å². The molecule has 0 bridgehead atoms. The van der Waals surface area contributed by atoms with Crippen molar-refractivity contribution in [1.82, 2.24) is 5.32 Å². The van der Waals surface area contributed by atoms with Crippen molar-refractivity contribution in [2.75, 3.05) is 0 Å². The fourth-order valence-electron chi connectivity index (χ4n) is 2.66. The van der Waals surface area contributed by atoms with Crippen LogP contribution in [0.2, 0.25) is 0 Å². The maximum Gasteiger partial charge on any atom is 0.345 e. The van der Waals surface area contributed by atoms with Crippen LogP contribution in [0, 0.1) is 18.8 Å². The molecule has 2 saturated carbocycles. The van der Waals surface area contributed by atoms with Crippen molar-refractivity contribution in [2.45, 2.75) is 45.2 Å². The zero-order chi connectivity index (χ0) is 12.7. The van der Waals surface area contributed by atoms with Crippen LogP contribution in [0.15, 0.2) is 6.07 Å². The Hall–Kier alpha value is -0.870. The first-order valence-corrected chi connectivity index (χ1v) is 7.53. The second kappa shape index (κ2) is 4.67. The van der Waals surface area contributed by atoms with Gasteiger partial charge in [0.05, 0.1) is 0 Å². The summed E-state index contributed by atoms with van der Waals surface area (Å²) in [6, 6.07) is 2.50. The van der Waals surface area contributed by atoms with Gasteiger partial charge in [0.1, 0.15) is 4.88 Å². The average molecular weight is 265 g/mol. The monoisotopic (exact) mass is 265 g/mol. The third kappa shape index (κ3) is 2.59. The molecule has 0 radical (unpaired) electrons. The zero-order valence-electron chi connectivity index (χ0n) is 10.6. The summed E-state index contributed by atoms with van der Waals surface area (Å²) in [6.07, 6.45) is 5.49. The highest BCUT2D eigenvalue weighted by Crippen LogP contribution is 2.44. The SMILES string of the molecule is Cc1sc(C(=O)O)cc1CNC(C1CC1)C1CC1. The van der Waals surface area contributed by atoms with E-state index in [1.165, 1.54) is 37.0 Å². The molecule has 0 atom stereocenters. The second-order valence-electron chi connectivity index (χ2n) is 5.58. The van der Waals surface area contributed by atoms with Gasteiger partial charge in [-0.05, 0) is 56.1 Å². The molecule has 98 valence electrons. The number of carboxylic acids is 1. The molecule has 2 aliphatic rings. The summed E-state index contributed by atoms with van der Waals surface area (Å²) in [5, 5.41) is 12.7. The highest BCUT2D eigenvalue weighted by Gasteiger charge is 2.41. The first kappa shape index (κ1) is 12.2. The van der Waals surface area contributed by atoms with Crippen molar-refractivity contribution in [1.29, 1.82) is 0 Å². The summed E-state index contributed by atoms with van der Waals surface area (Å²) in [5.41, 5.74) is 1.16. The van der Waals surface area contributed by atoms with Crippen LogP contribution in [-0.4, -0.2) is 17.1 Å². The van der Waals surface area contributed by atoms with E-state index in [0.717, 1.165) is 28.8 Å². The lowest BCUT2D eigenvalue weighted by Crippen LogP contribution is -2.32. The van der Waals surface area contributed by atoms with Crippen molar-refractivity contribution in [2.24, 2.45) is 11.8 Å². The smallest absolute Gasteiger partial charge is 0.345 e. The van der Waals surface area contributed by atoms with Crippen LogP contribution >= 0.6 is 11.3 Å². The number of carboxylic acid groups (broad SMARTS) is 1. The fourth-order valence-corrected chi connectivity index (χ4v) is 3.54. The van der Waals surface area contributed by atoms with Gasteiger partial charge in [-0.1, -0.05) is 0 Å². The summed E-state index contributed by atoms with van der Waals surface area (Å²) >= 11 is 1.38. The molecule has 3 rings (SSSR count). The third-order valence-corrected chi connectivity index (χ3v) is 5.10. The number of carbonyl (C=O) groups is 1. The van der Waals surface area contributed by atoms with E-state index in [1.807, 2.05) is 13.0 Å². The molecule has 1 aromatic rings. The molecule has 4 heteroatoms.